The maximum atomic E-state index is 13.2. The number of nitriles is 1. The van der Waals surface area contributed by atoms with Crippen molar-refractivity contribution >= 4 is 23.5 Å². The van der Waals surface area contributed by atoms with Crippen LogP contribution >= 0.6 is 11.8 Å². The van der Waals surface area contributed by atoms with Crippen molar-refractivity contribution in [3.8, 4) is 11.8 Å². The number of fused-ring (bicyclic) bond motifs is 1. The fourth-order valence-electron chi connectivity index (χ4n) is 4.27. The first-order valence-electron chi connectivity index (χ1n) is 10.0. The van der Waals surface area contributed by atoms with E-state index in [2.05, 4.69) is 6.07 Å². The van der Waals surface area contributed by atoms with Crippen LogP contribution in [-0.2, 0) is 9.59 Å². The summed E-state index contributed by atoms with van der Waals surface area (Å²) in [6.45, 7) is 3.30. The molecule has 0 spiro atoms. The molecule has 6 heteroatoms. The molecule has 2 unspecified atom stereocenters. The molecule has 1 fully saturated rings. The minimum absolute atomic E-state index is 0.106. The van der Waals surface area contributed by atoms with Gasteiger partial charge in [0.25, 0.3) is 0 Å². The number of carbonyl (C=O) groups excluding carboxylic acids is 2. The van der Waals surface area contributed by atoms with E-state index in [-0.39, 0.29) is 23.4 Å². The second kappa shape index (κ2) is 8.44. The fraction of sp³-hybridized carbons (Fsp3) is 0.240. The Morgan fingerprint density at radius 2 is 1.81 bits per heavy atom. The van der Waals surface area contributed by atoms with E-state index in [0.717, 1.165) is 16.9 Å². The zero-order valence-corrected chi connectivity index (χ0v) is 18.4. The summed E-state index contributed by atoms with van der Waals surface area (Å²) in [5, 5.41) is 10.7. The third-order valence-electron chi connectivity index (χ3n) is 5.72. The average molecular weight is 431 g/mol. The predicted octanol–water partition coefficient (Wildman–Crippen LogP) is 5.10. The minimum Gasteiger partial charge on any atom is -0.497 e. The lowest BCUT2D eigenvalue weighted by molar-refractivity contribution is -0.127. The van der Waals surface area contributed by atoms with E-state index < -0.39 is 5.92 Å². The number of allylic oxidation sites excluding steroid dienone is 3. The molecule has 0 radical (unpaired) electrons. The quantitative estimate of drug-likeness (QED) is 0.675. The maximum absolute atomic E-state index is 13.2. The number of Topliss-reactive ketones (excluding diaryl/α,β-unsaturated/α-hetero) is 1. The highest BCUT2D eigenvalue weighted by Gasteiger charge is 2.43. The molecule has 2 aromatic carbocycles. The molecule has 2 aliphatic heterocycles. The Kier molecular flexibility index (Phi) is 5.71. The van der Waals surface area contributed by atoms with E-state index in [4.69, 9.17) is 4.74 Å². The molecular formula is C25H22N2O3S. The number of hydrogen-bond donors (Lipinski definition) is 0. The molecule has 2 aromatic rings. The number of thioether (sulfide) groups is 1. The Morgan fingerprint density at radius 3 is 2.39 bits per heavy atom. The van der Waals surface area contributed by atoms with Gasteiger partial charge in [0.05, 0.1) is 29.7 Å². The number of carbonyl (C=O) groups is 2. The molecule has 2 aliphatic rings. The van der Waals surface area contributed by atoms with E-state index in [9.17, 15) is 14.9 Å². The maximum Gasteiger partial charge on any atom is 0.233 e. The molecule has 4 rings (SSSR count). The second-order valence-electron chi connectivity index (χ2n) is 7.54. The number of ketones is 1. The van der Waals surface area contributed by atoms with Crippen LogP contribution in [0.2, 0.25) is 0 Å². The molecule has 2 heterocycles. The number of ether oxygens (including phenoxy) is 1. The van der Waals surface area contributed by atoms with Crippen LogP contribution in [0.4, 0.5) is 0 Å². The molecule has 5 nitrogen and oxygen atoms in total. The molecule has 0 N–H and O–H groups in total. The Balaban J connectivity index is 1.84. The Morgan fingerprint density at radius 1 is 1.13 bits per heavy atom. The van der Waals surface area contributed by atoms with Gasteiger partial charge in [0.15, 0.2) is 5.78 Å². The van der Waals surface area contributed by atoms with Crippen LogP contribution in [0.25, 0.3) is 0 Å². The number of methoxy groups -OCH3 is 1. The zero-order valence-electron chi connectivity index (χ0n) is 17.6. The Hall–Kier alpha value is -3.30. The van der Waals surface area contributed by atoms with E-state index in [1.165, 1.54) is 18.7 Å². The molecular weight excluding hydrogens is 408 g/mol. The first-order chi connectivity index (χ1) is 15.0. The molecule has 1 amide bonds. The molecule has 0 aliphatic carbocycles. The third-order valence-corrected chi connectivity index (χ3v) is 7.07. The summed E-state index contributed by atoms with van der Waals surface area (Å²) >= 11 is 1.51. The standard InChI is InChI=1S/C25H22N2O3S/c1-15-23(16(2)28)24(18-7-5-4-6-8-18)20(14-26)25-27(15)22(29)13-21(31-25)17-9-11-19(30-3)12-10-17/h4-12,21,24H,13H2,1-3H3. The van der Waals surface area contributed by atoms with Crippen molar-refractivity contribution in [3.05, 3.63) is 87.6 Å². The number of nitrogens with zero attached hydrogens (tertiary/aromatic N) is 2. The zero-order chi connectivity index (χ0) is 22.1. The Bertz CT molecular complexity index is 1140. The fourth-order valence-corrected chi connectivity index (χ4v) is 5.69. The van der Waals surface area contributed by atoms with Gasteiger partial charge in [-0.2, -0.15) is 5.26 Å². The third kappa shape index (κ3) is 3.66. The highest BCUT2D eigenvalue weighted by atomic mass is 32.2. The predicted molar refractivity (Wildman–Crippen MR) is 120 cm³/mol. The van der Waals surface area contributed by atoms with E-state index >= 15 is 0 Å². The monoisotopic (exact) mass is 430 g/mol. The van der Waals surface area contributed by atoms with Crippen molar-refractivity contribution in [2.45, 2.75) is 31.4 Å². The lowest BCUT2D eigenvalue weighted by atomic mass is 9.80. The van der Waals surface area contributed by atoms with Crippen molar-refractivity contribution in [1.82, 2.24) is 4.90 Å². The number of benzene rings is 2. The Labute approximate surface area is 186 Å². The lowest BCUT2D eigenvalue weighted by Crippen LogP contribution is -2.38. The lowest BCUT2D eigenvalue weighted by Gasteiger charge is -2.40. The summed E-state index contributed by atoms with van der Waals surface area (Å²) in [6, 6.07) is 19.5. The van der Waals surface area contributed by atoms with Crippen molar-refractivity contribution in [1.29, 1.82) is 5.26 Å². The summed E-state index contributed by atoms with van der Waals surface area (Å²) in [6.07, 6.45) is 0.289. The highest BCUT2D eigenvalue weighted by molar-refractivity contribution is 8.03. The van der Waals surface area contributed by atoms with Gasteiger partial charge in [-0.15, -0.1) is 0 Å². The number of amides is 1. The van der Waals surface area contributed by atoms with Crippen LogP contribution in [0.5, 0.6) is 5.75 Å². The smallest absolute Gasteiger partial charge is 0.233 e. The van der Waals surface area contributed by atoms with Crippen LogP contribution in [-0.4, -0.2) is 23.7 Å². The molecule has 0 aromatic heterocycles. The van der Waals surface area contributed by atoms with Gasteiger partial charge in [-0.3, -0.25) is 14.5 Å². The van der Waals surface area contributed by atoms with Crippen LogP contribution in [0.15, 0.2) is 76.5 Å². The van der Waals surface area contributed by atoms with Gasteiger partial charge in [0.1, 0.15) is 5.75 Å². The molecule has 0 saturated carbocycles. The van der Waals surface area contributed by atoms with Crippen molar-refractivity contribution < 1.29 is 14.3 Å². The van der Waals surface area contributed by atoms with Crippen LogP contribution in [0.1, 0.15) is 42.6 Å². The van der Waals surface area contributed by atoms with E-state index in [1.807, 2.05) is 54.6 Å². The SMILES string of the molecule is COc1ccc(C2CC(=O)N3C(C)=C(C(C)=O)C(c4ccccc4)C(C#N)=C3S2)cc1. The van der Waals surface area contributed by atoms with Gasteiger partial charge in [-0.05, 0) is 37.1 Å². The average Bonchev–Trinajstić information content (AvgIpc) is 2.78. The van der Waals surface area contributed by atoms with E-state index in [1.54, 1.807) is 18.9 Å². The van der Waals surface area contributed by atoms with Crippen molar-refractivity contribution in [3.63, 3.8) is 0 Å². The normalized spacial score (nSPS) is 21.0. The van der Waals surface area contributed by atoms with Gasteiger partial charge in [-0.1, -0.05) is 54.2 Å². The summed E-state index contributed by atoms with van der Waals surface area (Å²) in [5.41, 5.74) is 3.43. The largest absolute Gasteiger partial charge is 0.497 e. The first kappa shape index (κ1) is 21.0. The van der Waals surface area contributed by atoms with Gasteiger partial charge in [-0.25, -0.2) is 0 Å². The van der Waals surface area contributed by atoms with E-state index in [0.29, 0.717) is 21.9 Å². The van der Waals surface area contributed by atoms with Crippen LogP contribution < -0.4 is 4.74 Å². The number of hydrogen-bond acceptors (Lipinski definition) is 5. The van der Waals surface area contributed by atoms with Gasteiger partial charge in [0, 0.05) is 22.9 Å². The second-order valence-corrected chi connectivity index (χ2v) is 8.73. The van der Waals surface area contributed by atoms with Gasteiger partial charge < -0.3 is 4.74 Å². The highest BCUT2D eigenvalue weighted by Crippen LogP contribution is 2.52. The van der Waals surface area contributed by atoms with Crippen molar-refractivity contribution in [2.24, 2.45) is 0 Å². The van der Waals surface area contributed by atoms with Crippen LogP contribution in [0, 0.1) is 11.3 Å². The molecule has 31 heavy (non-hydrogen) atoms. The molecule has 156 valence electrons. The summed E-state index contributed by atoms with van der Waals surface area (Å²) < 4.78 is 5.24. The summed E-state index contributed by atoms with van der Waals surface area (Å²) in [5.74, 6) is 0.0318. The summed E-state index contributed by atoms with van der Waals surface area (Å²) in [4.78, 5) is 27.4. The molecule has 0 bridgehead atoms. The minimum atomic E-state index is -0.482. The number of rotatable bonds is 4. The van der Waals surface area contributed by atoms with Crippen molar-refractivity contribution in [2.75, 3.05) is 7.11 Å². The molecule has 1 saturated heterocycles. The first-order valence-corrected chi connectivity index (χ1v) is 10.9. The summed E-state index contributed by atoms with van der Waals surface area (Å²) in [7, 11) is 1.61. The topological polar surface area (TPSA) is 70.4 Å². The van der Waals surface area contributed by atoms with Gasteiger partial charge in [0.2, 0.25) is 5.91 Å². The van der Waals surface area contributed by atoms with Crippen LogP contribution in [0.3, 0.4) is 0 Å². The van der Waals surface area contributed by atoms with Gasteiger partial charge >= 0.3 is 0 Å². The molecule has 2 atom stereocenters.